The van der Waals surface area contributed by atoms with Gasteiger partial charge in [-0.3, -0.25) is 9.59 Å². The number of carbonyl (C=O) groups excluding carboxylic acids is 2. The molecular weight excluding hydrogens is 328 g/mol. The summed E-state index contributed by atoms with van der Waals surface area (Å²) in [7, 11) is 0. The minimum Gasteiger partial charge on any atom is -0.466 e. The van der Waals surface area contributed by atoms with Crippen molar-refractivity contribution in [2.75, 3.05) is 13.2 Å². The van der Waals surface area contributed by atoms with E-state index >= 15 is 0 Å². The van der Waals surface area contributed by atoms with Gasteiger partial charge in [-0.15, -0.1) is 0 Å². The van der Waals surface area contributed by atoms with E-state index in [2.05, 4.69) is 0 Å². The normalized spacial score (nSPS) is 37.2. The maximum absolute atomic E-state index is 12.2. The van der Waals surface area contributed by atoms with Crippen LogP contribution < -0.4 is 0 Å². The molecule has 4 fully saturated rings. The van der Waals surface area contributed by atoms with Gasteiger partial charge in [0.15, 0.2) is 0 Å². The number of carbonyl (C=O) groups is 2. The quantitative estimate of drug-likeness (QED) is 0.583. The molecule has 4 nitrogen and oxygen atoms in total. The van der Waals surface area contributed by atoms with E-state index in [4.69, 9.17) is 9.47 Å². The minimum absolute atomic E-state index is 0.0225. The van der Waals surface area contributed by atoms with Crippen molar-refractivity contribution in [1.29, 1.82) is 0 Å². The summed E-state index contributed by atoms with van der Waals surface area (Å²) in [6.45, 7) is 8.74. The van der Waals surface area contributed by atoms with Crippen LogP contribution in [0.2, 0.25) is 0 Å². The Kier molecular flexibility index (Phi) is 5.69. The smallest absolute Gasteiger partial charge is 0.308 e. The molecule has 2 unspecified atom stereocenters. The van der Waals surface area contributed by atoms with Gasteiger partial charge in [0.25, 0.3) is 0 Å². The van der Waals surface area contributed by atoms with Crippen LogP contribution in [0.3, 0.4) is 0 Å². The van der Waals surface area contributed by atoms with Gasteiger partial charge in [0.2, 0.25) is 0 Å². The van der Waals surface area contributed by atoms with E-state index in [-0.39, 0.29) is 34.6 Å². The first-order valence-electron chi connectivity index (χ1n) is 10.6. The van der Waals surface area contributed by atoms with Crippen molar-refractivity contribution in [2.45, 2.75) is 79.1 Å². The zero-order valence-electron chi connectivity index (χ0n) is 17.0. The van der Waals surface area contributed by atoms with Crippen LogP contribution in [0.15, 0.2) is 0 Å². The lowest BCUT2D eigenvalue weighted by Crippen LogP contribution is -2.53. The molecule has 0 aliphatic heterocycles. The van der Waals surface area contributed by atoms with Gasteiger partial charge >= 0.3 is 11.9 Å². The molecule has 0 heterocycles. The molecule has 4 rings (SSSR count). The van der Waals surface area contributed by atoms with Gasteiger partial charge in [0.05, 0.1) is 25.0 Å². The van der Waals surface area contributed by atoms with E-state index in [1.165, 1.54) is 38.5 Å². The molecule has 0 spiro atoms. The lowest BCUT2D eigenvalue weighted by molar-refractivity contribution is -0.160. The Bertz CT molecular complexity index is 482. The third-order valence-electron chi connectivity index (χ3n) is 7.16. The fourth-order valence-corrected chi connectivity index (χ4v) is 7.16. The van der Waals surface area contributed by atoms with E-state index in [0.29, 0.717) is 13.2 Å². The standard InChI is InChI=1S/C22H36O4/c1-5-25-19(23)15(3)8-21-10-17-7-18(11-21)13-22(12-17,14-21)9-16(4)20(24)26-6-2/h15-18H,5-14H2,1-4H3. The third kappa shape index (κ3) is 3.94. The SMILES string of the molecule is CCOC(=O)C(C)CC12CC3CC(C1)CC(CC(C)C(=O)OCC)(C3)C2. The van der Waals surface area contributed by atoms with Gasteiger partial charge in [-0.1, -0.05) is 13.8 Å². The Balaban J connectivity index is 1.72. The van der Waals surface area contributed by atoms with Crippen molar-refractivity contribution in [3.8, 4) is 0 Å². The zero-order valence-corrected chi connectivity index (χ0v) is 17.0. The van der Waals surface area contributed by atoms with Crippen LogP contribution in [0.4, 0.5) is 0 Å². The monoisotopic (exact) mass is 364 g/mol. The molecule has 4 bridgehead atoms. The summed E-state index contributed by atoms with van der Waals surface area (Å²) in [5.41, 5.74) is 0.565. The van der Waals surface area contributed by atoms with Gasteiger partial charge in [-0.05, 0) is 87.9 Å². The van der Waals surface area contributed by atoms with Gasteiger partial charge < -0.3 is 9.47 Å². The molecule has 4 heteroatoms. The number of hydrogen-bond donors (Lipinski definition) is 0. The molecule has 4 saturated carbocycles. The summed E-state index contributed by atoms with van der Waals surface area (Å²) < 4.78 is 10.5. The largest absolute Gasteiger partial charge is 0.466 e. The Labute approximate surface area is 158 Å². The van der Waals surface area contributed by atoms with Crippen LogP contribution in [0, 0.1) is 34.5 Å². The molecule has 4 aliphatic carbocycles. The topological polar surface area (TPSA) is 52.6 Å². The molecule has 2 atom stereocenters. The molecule has 4 aliphatic rings. The van der Waals surface area contributed by atoms with Gasteiger partial charge in [0.1, 0.15) is 0 Å². The summed E-state index contributed by atoms with van der Waals surface area (Å²) in [6, 6.07) is 0. The minimum atomic E-state index is -0.0443. The van der Waals surface area contributed by atoms with Crippen molar-refractivity contribution in [3.63, 3.8) is 0 Å². The summed E-state index contributed by atoms with van der Waals surface area (Å²) in [4.78, 5) is 24.4. The fraction of sp³-hybridized carbons (Fsp3) is 0.909. The van der Waals surface area contributed by atoms with Gasteiger partial charge in [-0.25, -0.2) is 0 Å². The predicted octanol–water partition coefficient (Wildman–Crippen LogP) is 4.75. The maximum Gasteiger partial charge on any atom is 0.308 e. The van der Waals surface area contributed by atoms with Crippen LogP contribution in [0.1, 0.15) is 79.1 Å². The average Bonchev–Trinajstić information content (AvgIpc) is 2.53. The van der Waals surface area contributed by atoms with Crippen LogP contribution in [0.25, 0.3) is 0 Å². The van der Waals surface area contributed by atoms with Crippen molar-refractivity contribution in [3.05, 3.63) is 0 Å². The van der Waals surface area contributed by atoms with E-state index in [1.807, 2.05) is 27.7 Å². The Morgan fingerprint density at radius 2 is 1.23 bits per heavy atom. The molecule has 26 heavy (non-hydrogen) atoms. The molecule has 0 aromatic heterocycles. The van der Waals surface area contributed by atoms with E-state index in [9.17, 15) is 9.59 Å². The fourth-order valence-electron chi connectivity index (χ4n) is 7.16. The van der Waals surface area contributed by atoms with Crippen molar-refractivity contribution in [2.24, 2.45) is 34.5 Å². The molecule has 0 amide bonds. The van der Waals surface area contributed by atoms with E-state index < -0.39 is 0 Å². The van der Waals surface area contributed by atoms with E-state index in [0.717, 1.165) is 24.7 Å². The van der Waals surface area contributed by atoms with Gasteiger partial charge in [-0.2, -0.15) is 0 Å². The first kappa shape index (κ1) is 19.7. The van der Waals surface area contributed by atoms with Crippen molar-refractivity contribution in [1.82, 2.24) is 0 Å². The number of ether oxygens (including phenoxy) is 2. The zero-order chi connectivity index (χ0) is 18.9. The second-order valence-corrected chi connectivity index (χ2v) is 9.68. The maximum atomic E-state index is 12.2. The number of rotatable bonds is 8. The van der Waals surface area contributed by atoms with Crippen molar-refractivity contribution >= 4 is 11.9 Å². The van der Waals surface area contributed by atoms with Crippen LogP contribution in [-0.4, -0.2) is 25.2 Å². The molecule has 0 aromatic carbocycles. The Morgan fingerprint density at radius 3 is 1.58 bits per heavy atom. The molecular formula is C22H36O4. The Morgan fingerprint density at radius 1 is 0.846 bits per heavy atom. The molecule has 0 saturated heterocycles. The van der Waals surface area contributed by atoms with Crippen LogP contribution >= 0.6 is 0 Å². The first-order valence-corrected chi connectivity index (χ1v) is 10.6. The molecule has 148 valence electrons. The molecule has 0 radical (unpaired) electrons. The van der Waals surface area contributed by atoms with Gasteiger partial charge in [0, 0.05) is 0 Å². The number of hydrogen-bond acceptors (Lipinski definition) is 4. The summed E-state index contributed by atoms with van der Waals surface area (Å²) >= 11 is 0. The second-order valence-electron chi connectivity index (χ2n) is 9.68. The van der Waals surface area contributed by atoms with E-state index in [1.54, 1.807) is 0 Å². The molecule has 0 N–H and O–H groups in total. The highest BCUT2D eigenvalue weighted by atomic mass is 16.5. The lowest BCUT2D eigenvalue weighted by atomic mass is 9.42. The van der Waals surface area contributed by atoms with Crippen LogP contribution in [0.5, 0.6) is 0 Å². The summed E-state index contributed by atoms with van der Waals surface area (Å²) in [5.74, 6) is 1.42. The van der Waals surface area contributed by atoms with Crippen LogP contribution in [-0.2, 0) is 19.1 Å². The first-order chi connectivity index (χ1) is 12.3. The highest BCUT2D eigenvalue weighted by Gasteiger charge is 2.58. The highest BCUT2D eigenvalue weighted by molar-refractivity contribution is 5.72. The second kappa shape index (κ2) is 7.52. The highest BCUT2D eigenvalue weighted by Crippen LogP contribution is 2.68. The molecule has 0 aromatic rings. The lowest BCUT2D eigenvalue weighted by Gasteiger charge is -2.63. The summed E-state index contributed by atoms with van der Waals surface area (Å²) in [5, 5.41) is 0. The third-order valence-corrected chi connectivity index (χ3v) is 7.16. The average molecular weight is 365 g/mol. The summed E-state index contributed by atoms with van der Waals surface area (Å²) in [6.07, 6.45) is 9.51. The van der Waals surface area contributed by atoms with Crippen molar-refractivity contribution < 1.29 is 19.1 Å². The number of esters is 2. The predicted molar refractivity (Wildman–Crippen MR) is 100 cm³/mol. The Hall–Kier alpha value is -1.06.